The van der Waals surface area contributed by atoms with Crippen LogP contribution in [0.3, 0.4) is 0 Å². The minimum absolute atomic E-state index is 0.393. The topological polar surface area (TPSA) is 67.4 Å². The Morgan fingerprint density at radius 2 is 2.09 bits per heavy atom. The molecule has 1 aromatic carbocycles. The van der Waals surface area contributed by atoms with Crippen molar-refractivity contribution in [3.05, 3.63) is 47.1 Å². The highest BCUT2D eigenvalue weighted by Gasteiger charge is 2.16. The molecule has 0 atom stereocenters. The third kappa shape index (κ3) is 2.76. The lowest BCUT2D eigenvalue weighted by molar-refractivity contribution is 0.712. The molecule has 5 nitrogen and oxygen atoms in total. The van der Waals surface area contributed by atoms with Crippen LogP contribution in [-0.4, -0.2) is 20.0 Å². The van der Waals surface area contributed by atoms with E-state index < -0.39 is 0 Å². The smallest absolute Gasteiger partial charge is 0.212 e. The zero-order chi connectivity index (χ0) is 15.4. The van der Waals surface area contributed by atoms with Crippen molar-refractivity contribution >= 4 is 11.3 Å². The summed E-state index contributed by atoms with van der Waals surface area (Å²) in [4.78, 5) is 4.64. The van der Waals surface area contributed by atoms with Gasteiger partial charge < -0.3 is 0 Å². The Hall–Kier alpha value is -2.52. The molecule has 0 spiro atoms. The Bertz CT molecular complexity index is 798. The monoisotopic (exact) mass is 309 g/mol. The lowest BCUT2D eigenvalue weighted by Gasteiger charge is -2.02. The van der Waals surface area contributed by atoms with Crippen LogP contribution < -0.4 is 0 Å². The van der Waals surface area contributed by atoms with Crippen molar-refractivity contribution in [2.24, 2.45) is 0 Å². The summed E-state index contributed by atoms with van der Waals surface area (Å²) in [5.74, 6) is 0. The van der Waals surface area contributed by atoms with E-state index in [1.54, 1.807) is 4.68 Å². The average molecular weight is 309 g/mol. The maximum atomic E-state index is 9.18. The maximum Gasteiger partial charge on any atom is 0.212 e. The Labute approximate surface area is 132 Å². The molecule has 2 heterocycles. The second-order valence-corrected chi connectivity index (χ2v) is 5.73. The zero-order valence-electron chi connectivity index (χ0n) is 12.2. The Morgan fingerprint density at radius 3 is 2.82 bits per heavy atom. The molecule has 0 N–H and O–H groups in total. The van der Waals surface area contributed by atoms with Crippen LogP contribution in [0.4, 0.5) is 0 Å². The lowest BCUT2D eigenvalue weighted by atomic mass is 10.2. The van der Waals surface area contributed by atoms with Gasteiger partial charge in [0, 0.05) is 10.9 Å². The Morgan fingerprint density at radius 1 is 1.27 bits per heavy atom. The molecule has 2 aromatic heterocycles. The van der Waals surface area contributed by atoms with E-state index in [0.29, 0.717) is 5.69 Å². The van der Waals surface area contributed by atoms with Crippen molar-refractivity contribution in [1.29, 1.82) is 5.26 Å². The van der Waals surface area contributed by atoms with Gasteiger partial charge in [-0.3, -0.25) is 0 Å². The van der Waals surface area contributed by atoms with Gasteiger partial charge in [-0.15, -0.1) is 16.4 Å². The van der Waals surface area contributed by atoms with E-state index in [1.807, 2.05) is 35.7 Å². The number of thiazole rings is 1. The highest BCUT2D eigenvalue weighted by molar-refractivity contribution is 7.12. The van der Waals surface area contributed by atoms with Gasteiger partial charge in [-0.05, 0) is 12.8 Å². The van der Waals surface area contributed by atoms with Gasteiger partial charge in [-0.2, -0.15) is 9.94 Å². The van der Waals surface area contributed by atoms with Crippen molar-refractivity contribution < 1.29 is 0 Å². The first-order chi connectivity index (χ1) is 10.8. The maximum absolute atomic E-state index is 9.18. The minimum Gasteiger partial charge on any atom is -0.218 e. The number of unbranched alkanes of at least 4 members (excludes halogenated alkanes) is 1. The first-order valence-corrected chi connectivity index (χ1v) is 8.07. The van der Waals surface area contributed by atoms with E-state index in [9.17, 15) is 5.26 Å². The summed E-state index contributed by atoms with van der Waals surface area (Å²) < 4.78 is 1.70. The highest BCUT2D eigenvalue weighted by Crippen LogP contribution is 2.25. The largest absolute Gasteiger partial charge is 0.218 e. The number of hydrogen-bond acceptors (Lipinski definition) is 5. The molecule has 0 saturated carbocycles. The van der Waals surface area contributed by atoms with Crippen molar-refractivity contribution in [2.75, 3.05) is 0 Å². The number of nitriles is 1. The zero-order valence-corrected chi connectivity index (χ0v) is 13.0. The highest BCUT2D eigenvalue weighted by atomic mass is 32.1. The van der Waals surface area contributed by atoms with Crippen LogP contribution in [0.5, 0.6) is 0 Å². The third-order valence-corrected chi connectivity index (χ3v) is 4.20. The van der Waals surface area contributed by atoms with Crippen LogP contribution in [0.2, 0.25) is 0 Å². The number of aromatic nitrogens is 4. The summed E-state index contributed by atoms with van der Waals surface area (Å²) in [5, 5.41) is 20.0. The summed E-state index contributed by atoms with van der Waals surface area (Å²) in [6.45, 7) is 2.12. The number of hydrogen-bond donors (Lipinski definition) is 0. The molecule has 6 heteroatoms. The molecule has 22 heavy (non-hydrogen) atoms. The molecule has 110 valence electrons. The van der Waals surface area contributed by atoms with E-state index in [0.717, 1.165) is 41.3 Å². The van der Waals surface area contributed by atoms with Gasteiger partial charge in [0.05, 0.1) is 11.4 Å². The van der Waals surface area contributed by atoms with Crippen LogP contribution in [-0.2, 0) is 6.42 Å². The first-order valence-electron chi connectivity index (χ1n) is 7.19. The molecule has 3 aromatic rings. The Balaban J connectivity index is 1.97. The molecule has 0 aliphatic carbocycles. The number of benzene rings is 1. The van der Waals surface area contributed by atoms with Crippen LogP contribution in [0, 0.1) is 11.3 Å². The summed E-state index contributed by atoms with van der Waals surface area (Å²) >= 11 is 1.51. The van der Waals surface area contributed by atoms with Gasteiger partial charge in [0.1, 0.15) is 6.07 Å². The van der Waals surface area contributed by atoms with E-state index in [1.165, 1.54) is 11.3 Å². The fourth-order valence-electron chi connectivity index (χ4n) is 2.21. The van der Waals surface area contributed by atoms with Crippen molar-refractivity contribution in [3.8, 4) is 22.5 Å². The molecule has 3 rings (SSSR count). The van der Waals surface area contributed by atoms with Gasteiger partial charge in [-0.25, -0.2) is 4.98 Å². The second-order valence-electron chi connectivity index (χ2n) is 4.89. The standard InChI is InChI=1S/C16H15N5S/c1-2-3-9-15-13(10-17)19-20-21(15)16-18-14(11-22-16)12-7-5-4-6-8-12/h4-8,11H,2-3,9H2,1H3. The first kappa shape index (κ1) is 14.4. The SMILES string of the molecule is CCCCc1c(C#N)nnn1-c1nc(-c2ccccc2)cs1. The number of nitrogens with zero attached hydrogens (tertiary/aromatic N) is 5. The fourth-order valence-corrected chi connectivity index (χ4v) is 3.02. The summed E-state index contributed by atoms with van der Waals surface area (Å²) in [6, 6.07) is 12.1. The molecule has 0 bridgehead atoms. The molecule has 0 aliphatic rings. The summed E-state index contributed by atoms with van der Waals surface area (Å²) in [6.07, 6.45) is 2.84. The molecule has 0 fully saturated rings. The van der Waals surface area contributed by atoms with Gasteiger partial charge >= 0.3 is 0 Å². The van der Waals surface area contributed by atoms with E-state index in [2.05, 4.69) is 28.3 Å². The molecule has 0 amide bonds. The Kier molecular flexibility index (Phi) is 4.26. The van der Waals surface area contributed by atoms with E-state index in [4.69, 9.17) is 0 Å². The van der Waals surface area contributed by atoms with Crippen LogP contribution in [0.15, 0.2) is 35.7 Å². The molecular weight excluding hydrogens is 294 g/mol. The predicted octanol–water partition coefficient (Wildman–Crippen LogP) is 3.61. The van der Waals surface area contributed by atoms with Gasteiger partial charge in [0.2, 0.25) is 5.13 Å². The van der Waals surface area contributed by atoms with E-state index >= 15 is 0 Å². The lowest BCUT2D eigenvalue weighted by Crippen LogP contribution is -2.03. The molecular formula is C16H15N5S. The van der Waals surface area contributed by atoms with Crippen LogP contribution in [0.1, 0.15) is 31.2 Å². The van der Waals surface area contributed by atoms with Crippen molar-refractivity contribution in [1.82, 2.24) is 20.0 Å². The van der Waals surface area contributed by atoms with Crippen LogP contribution in [0.25, 0.3) is 16.4 Å². The van der Waals surface area contributed by atoms with Gasteiger partial charge in [0.15, 0.2) is 5.69 Å². The molecule has 0 radical (unpaired) electrons. The average Bonchev–Trinajstić information content (AvgIpc) is 3.20. The van der Waals surface area contributed by atoms with Crippen molar-refractivity contribution in [3.63, 3.8) is 0 Å². The quantitative estimate of drug-likeness (QED) is 0.722. The van der Waals surface area contributed by atoms with Crippen molar-refractivity contribution in [2.45, 2.75) is 26.2 Å². The van der Waals surface area contributed by atoms with E-state index in [-0.39, 0.29) is 0 Å². The minimum atomic E-state index is 0.393. The molecule has 0 unspecified atom stereocenters. The molecule has 0 saturated heterocycles. The second kappa shape index (κ2) is 6.50. The molecule has 0 aliphatic heterocycles. The fraction of sp³-hybridized carbons (Fsp3) is 0.250. The third-order valence-electron chi connectivity index (χ3n) is 3.38. The normalized spacial score (nSPS) is 10.5. The van der Waals surface area contributed by atoms with Gasteiger partial charge in [0.25, 0.3) is 0 Å². The van der Waals surface area contributed by atoms with Crippen LogP contribution >= 0.6 is 11.3 Å². The predicted molar refractivity (Wildman–Crippen MR) is 85.8 cm³/mol. The summed E-state index contributed by atoms with van der Waals surface area (Å²) in [5.41, 5.74) is 3.22. The summed E-state index contributed by atoms with van der Waals surface area (Å²) in [7, 11) is 0. The number of rotatable bonds is 5. The van der Waals surface area contributed by atoms with Gasteiger partial charge in [-0.1, -0.05) is 48.9 Å².